The Bertz CT molecular complexity index is 387. The van der Waals surface area contributed by atoms with Crippen molar-refractivity contribution in [1.29, 1.82) is 0 Å². The van der Waals surface area contributed by atoms with Gasteiger partial charge < -0.3 is 10.5 Å². The van der Waals surface area contributed by atoms with E-state index in [1.165, 1.54) is 24.0 Å². The summed E-state index contributed by atoms with van der Waals surface area (Å²) in [6.07, 6.45) is 5.56. The Morgan fingerprint density at radius 2 is 1.90 bits per heavy atom. The first kappa shape index (κ1) is 17.0. The van der Waals surface area contributed by atoms with Crippen LogP contribution in [-0.4, -0.2) is 12.6 Å². The molecule has 0 heterocycles. The third kappa shape index (κ3) is 5.16. The van der Waals surface area contributed by atoms with Gasteiger partial charge in [-0.05, 0) is 68.2 Å². The molecule has 1 rings (SSSR count). The van der Waals surface area contributed by atoms with Gasteiger partial charge in [0, 0.05) is 6.04 Å². The lowest BCUT2D eigenvalue weighted by Crippen LogP contribution is -2.16. The van der Waals surface area contributed by atoms with Crippen molar-refractivity contribution in [2.45, 2.75) is 71.8 Å². The Labute approximate surface area is 124 Å². The standard InChI is InChI=1S/C18H31NO/c1-5-12-20-17-10-11-18(16(7-3)13-17)15(6-2)9-8-14(4)19/h10-11,13-15H,5-9,12,19H2,1-4H3. The number of nitrogens with two attached hydrogens (primary N) is 1. The Kier molecular flexibility index (Phi) is 7.68. The van der Waals surface area contributed by atoms with E-state index in [-0.39, 0.29) is 0 Å². The summed E-state index contributed by atoms with van der Waals surface area (Å²) < 4.78 is 5.74. The van der Waals surface area contributed by atoms with E-state index in [9.17, 15) is 0 Å². The molecule has 2 heteroatoms. The molecule has 1 aromatic rings. The number of ether oxygens (including phenoxy) is 1. The van der Waals surface area contributed by atoms with E-state index in [1.54, 1.807) is 0 Å². The molecule has 0 spiro atoms. The summed E-state index contributed by atoms with van der Waals surface area (Å²) >= 11 is 0. The Morgan fingerprint density at radius 1 is 1.15 bits per heavy atom. The monoisotopic (exact) mass is 277 g/mol. The van der Waals surface area contributed by atoms with Crippen molar-refractivity contribution in [2.75, 3.05) is 6.61 Å². The summed E-state index contributed by atoms with van der Waals surface area (Å²) in [6.45, 7) is 9.52. The van der Waals surface area contributed by atoms with E-state index < -0.39 is 0 Å². The smallest absolute Gasteiger partial charge is 0.119 e. The molecule has 0 saturated heterocycles. The van der Waals surface area contributed by atoms with Crippen LogP contribution in [0, 0.1) is 0 Å². The minimum absolute atomic E-state index is 0.293. The molecule has 0 aliphatic carbocycles. The molecule has 2 nitrogen and oxygen atoms in total. The zero-order valence-electron chi connectivity index (χ0n) is 13.6. The normalized spacial score (nSPS) is 14.1. The Morgan fingerprint density at radius 3 is 2.45 bits per heavy atom. The summed E-state index contributed by atoms with van der Waals surface area (Å²) in [5.41, 5.74) is 8.81. The maximum atomic E-state index is 5.90. The van der Waals surface area contributed by atoms with Gasteiger partial charge in [-0.15, -0.1) is 0 Å². The summed E-state index contributed by atoms with van der Waals surface area (Å²) in [5, 5.41) is 0. The molecule has 1 aromatic carbocycles. The van der Waals surface area contributed by atoms with Crippen LogP contribution < -0.4 is 10.5 Å². The van der Waals surface area contributed by atoms with Gasteiger partial charge in [0.2, 0.25) is 0 Å². The van der Waals surface area contributed by atoms with Gasteiger partial charge in [-0.1, -0.05) is 26.8 Å². The predicted molar refractivity (Wildman–Crippen MR) is 87.5 cm³/mol. The zero-order chi connectivity index (χ0) is 15.0. The fraction of sp³-hybridized carbons (Fsp3) is 0.667. The van der Waals surface area contributed by atoms with Gasteiger partial charge in [-0.2, -0.15) is 0 Å². The molecular weight excluding hydrogens is 246 g/mol. The second-order valence-corrected chi connectivity index (χ2v) is 5.72. The molecule has 20 heavy (non-hydrogen) atoms. The quantitative estimate of drug-likeness (QED) is 0.712. The highest BCUT2D eigenvalue weighted by molar-refractivity contribution is 5.38. The first-order valence-electron chi connectivity index (χ1n) is 8.13. The molecule has 114 valence electrons. The van der Waals surface area contributed by atoms with Crippen molar-refractivity contribution in [3.8, 4) is 5.75 Å². The molecule has 0 aliphatic rings. The number of rotatable bonds is 9. The largest absolute Gasteiger partial charge is 0.494 e. The maximum absolute atomic E-state index is 5.90. The minimum Gasteiger partial charge on any atom is -0.494 e. The van der Waals surface area contributed by atoms with Crippen molar-refractivity contribution in [3.05, 3.63) is 29.3 Å². The van der Waals surface area contributed by atoms with Gasteiger partial charge in [-0.3, -0.25) is 0 Å². The van der Waals surface area contributed by atoms with Gasteiger partial charge in [0.05, 0.1) is 6.61 Å². The van der Waals surface area contributed by atoms with Crippen LogP contribution in [0.5, 0.6) is 5.75 Å². The molecule has 2 N–H and O–H groups in total. The van der Waals surface area contributed by atoms with Crippen LogP contribution in [-0.2, 0) is 6.42 Å². The lowest BCUT2D eigenvalue weighted by Gasteiger charge is -2.20. The lowest BCUT2D eigenvalue weighted by molar-refractivity contribution is 0.317. The SMILES string of the molecule is CCCOc1ccc(C(CC)CCC(C)N)c(CC)c1. The Hall–Kier alpha value is -1.02. The second kappa shape index (κ2) is 9.02. The first-order valence-corrected chi connectivity index (χ1v) is 8.13. The van der Waals surface area contributed by atoms with Gasteiger partial charge in [-0.25, -0.2) is 0 Å². The van der Waals surface area contributed by atoms with Crippen LogP contribution >= 0.6 is 0 Å². The molecule has 0 fully saturated rings. The fourth-order valence-electron chi connectivity index (χ4n) is 2.64. The number of benzene rings is 1. The topological polar surface area (TPSA) is 35.2 Å². The molecular formula is C18H31NO. The third-order valence-corrected chi connectivity index (χ3v) is 3.87. The van der Waals surface area contributed by atoms with E-state index in [4.69, 9.17) is 10.5 Å². The van der Waals surface area contributed by atoms with Crippen LogP contribution in [0.1, 0.15) is 70.4 Å². The molecule has 0 aliphatic heterocycles. The lowest BCUT2D eigenvalue weighted by atomic mass is 9.86. The Balaban J connectivity index is 2.85. The molecule has 0 aromatic heterocycles. The van der Waals surface area contributed by atoms with Gasteiger partial charge in [0.1, 0.15) is 5.75 Å². The van der Waals surface area contributed by atoms with Crippen molar-refractivity contribution < 1.29 is 4.74 Å². The average molecular weight is 277 g/mol. The first-order chi connectivity index (χ1) is 9.62. The molecule has 0 amide bonds. The van der Waals surface area contributed by atoms with Crippen LogP contribution in [0.15, 0.2) is 18.2 Å². The fourth-order valence-corrected chi connectivity index (χ4v) is 2.64. The van der Waals surface area contributed by atoms with Crippen LogP contribution in [0.3, 0.4) is 0 Å². The zero-order valence-corrected chi connectivity index (χ0v) is 13.6. The molecule has 0 saturated carbocycles. The van der Waals surface area contributed by atoms with E-state index in [1.807, 2.05) is 0 Å². The van der Waals surface area contributed by atoms with E-state index in [2.05, 4.69) is 45.9 Å². The molecule has 0 radical (unpaired) electrons. The minimum atomic E-state index is 0.293. The summed E-state index contributed by atoms with van der Waals surface area (Å²) in [7, 11) is 0. The number of hydrogen-bond donors (Lipinski definition) is 1. The van der Waals surface area contributed by atoms with Crippen LogP contribution in [0.2, 0.25) is 0 Å². The van der Waals surface area contributed by atoms with Crippen molar-refractivity contribution in [2.24, 2.45) is 5.73 Å². The van der Waals surface area contributed by atoms with Gasteiger partial charge >= 0.3 is 0 Å². The number of aryl methyl sites for hydroxylation is 1. The van der Waals surface area contributed by atoms with Gasteiger partial charge in [0.25, 0.3) is 0 Å². The second-order valence-electron chi connectivity index (χ2n) is 5.72. The summed E-state index contributed by atoms with van der Waals surface area (Å²) in [6, 6.07) is 6.90. The molecule has 2 atom stereocenters. The van der Waals surface area contributed by atoms with Crippen LogP contribution in [0.4, 0.5) is 0 Å². The predicted octanol–water partition coefficient (Wildman–Crippen LogP) is 4.66. The van der Waals surface area contributed by atoms with Crippen LogP contribution in [0.25, 0.3) is 0 Å². The molecule has 2 unspecified atom stereocenters. The third-order valence-electron chi connectivity index (χ3n) is 3.87. The highest BCUT2D eigenvalue weighted by Crippen LogP contribution is 2.31. The highest BCUT2D eigenvalue weighted by Gasteiger charge is 2.14. The number of hydrogen-bond acceptors (Lipinski definition) is 2. The summed E-state index contributed by atoms with van der Waals surface area (Å²) in [4.78, 5) is 0. The maximum Gasteiger partial charge on any atom is 0.119 e. The molecule has 0 bridgehead atoms. The van der Waals surface area contributed by atoms with E-state index >= 15 is 0 Å². The highest BCUT2D eigenvalue weighted by atomic mass is 16.5. The van der Waals surface area contributed by atoms with Crippen molar-refractivity contribution >= 4 is 0 Å². The summed E-state index contributed by atoms with van der Waals surface area (Å²) in [5.74, 6) is 1.63. The van der Waals surface area contributed by atoms with E-state index in [0.29, 0.717) is 12.0 Å². The van der Waals surface area contributed by atoms with Crippen molar-refractivity contribution in [1.82, 2.24) is 0 Å². The van der Waals surface area contributed by atoms with E-state index in [0.717, 1.165) is 31.6 Å². The average Bonchev–Trinajstić information content (AvgIpc) is 2.46. The van der Waals surface area contributed by atoms with Crippen molar-refractivity contribution in [3.63, 3.8) is 0 Å². The van der Waals surface area contributed by atoms with Gasteiger partial charge in [0.15, 0.2) is 0 Å².